The predicted octanol–water partition coefficient (Wildman–Crippen LogP) is 2.49. The van der Waals surface area contributed by atoms with Gasteiger partial charge in [-0.15, -0.1) is 0 Å². The molecule has 114 valence electrons. The van der Waals surface area contributed by atoms with E-state index in [1.54, 1.807) is 42.5 Å². The van der Waals surface area contributed by atoms with Gasteiger partial charge in [0, 0.05) is 28.9 Å². The van der Waals surface area contributed by atoms with Crippen molar-refractivity contribution in [3.05, 3.63) is 59.2 Å². The second-order valence-corrected chi connectivity index (χ2v) is 5.08. The Bertz CT molecular complexity index is 711. The number of aryl methyl sites for hydroxylation is 1. The van der Waals surface area contributed by atoms with Gasteiger partial charge in [-0.1, -0.05) is 24.3 Å². The maximum atomic E-state index is 12.4. The van der Waals surface area contributed by atoms with E-state index in [0.717, 1.165) is 5.56 Å². The van der Waals surface area contributed by atoms with Crippen molar-refractivity contribution in [1.82, 2.24) is 0 Å². The highest BCUT2D eigenvalue weighted by molar-refractivity contribution is 6.12. The summed E-state index contributed by atoms with van der Waals surface area (Å²) in [5, 5.41) is 8.64. The van der Waals surface area contributed by atoms with Gasteiger partial charge in [-0.2, -0.15) is 0 Å². The van der Waals surface area contributed by atoms with Crippen molar-refractivity contribution in [2.45, 2.75) is 19.3 Å². The van der Waals surface area contributed by atoms with Crippen LogP contribution in [-0.4, -0.2) is 16.9 Å². The van der Waals surface area contributed by atoms with E-state index in [2.05, 4.69) is 0 Å². The molecule has 0 bridgehead atoms. The van der Waals surface area contributed by atoms with Gasteiger partial charge < -0.3 is 16.6 Å². The van der Waals surface area contributed by atoms with Crippen LogP contribution in [0.1, 0.15) is 34.3 Å². The summed E-state index contributed by atoms with van der Waals surface area (Å²) >= 11 is 0. The minimum atomic E-state index is -0.829. The molecule has 0 radical (unpaired) electrons. The van der Waals surface area contributed by atoms with Crippen molar-refractivity contribution < 1.29 is 14.7 Å². The van der Waals surface area contributed by atoms with Crippen LogP contribution in [0.4, 0.5) is 11.4 Å². The molecule has 5 N–H and O–H groups in total. The summed E-state index contributed by atoms with van der Waals surface area (Å²) in [4.78, 5) is 22.9. The Hall–Kier alpha value is -2.82. The molecule has 0 aliphatic carbocycles. The van der Waals surface area contributed by atoms with Crippen LogP contribution in [-0.2, 0) is 11.2 Å². The van der Waals surface area contributed by atoms with Gasteiger partial charge in [0.15, 0.2) is 5.78 Å². The number of hydrogen-bond donors (Lipinski definition) is 3. The van der Waals surface area contributed by atoms with Gasteiger partial charge in [-0.3, -0.25) is 9.59 Å². The average Bonchev–Trinajstić information content (AvgIpc) is 2.48. The fraction of sp³-hybridized carbons (Fsp3) is 0.176. The highest BCUT2D eigenvalue weighted by Gasteiger charge is 2.13. The van der Waals surface area contributed by atoms with Gasteiger partial charge in [0.25, 0.3) is 0 Å². The summed E-state index contributed by atoms with van der Waals surface area (Å²) in [6, 6.07) is 12.0. The van der Waals surface area contributed by atoms with Crippen LogP contribution in [0, 0.1) is 0 Å². The minimum Gasteiger partial charge on any atom is -0.481 e. The first-order chi connectivity index (χ1) is 10.5. The van der Waals surface area contributed by atoms with Gasteiger partial charge in [0.2, 0.25) is 0 Å². The highest BCUT2D eigenvalue weighted by Crippen LogP contribution is 2.21. The van der Waals surface area contributed by atoms with E-state index in [1.807, 2.05) is 0 Å². The maximum Gasteiger partial charge on any atom is 0.303 e. The molecule has 22 heavy (non-hydrogen) atoms. The summed E-state index contributed by atoms with van der Waals surface area (Å²) < 4.78 is 0. The van der Waals surface area contributed by atoms with Gasteiger partial charge >= 0.3 is 5.97 Å². The van der Waals surface area contributed by atoms with Crippen LogP contribution in [0.15, 0.2) is 42.5 Å². The van der Waals surface area contributed by atoms with Gasteiger partial charge in [0.1, 0.15) is 0 Å². The van der Waals surface area contributed by atoms with Crippen LogP contribution >= 0.6 is 0 Å². The monoisotopic (exact) mass is 298 g/mol. The average molecular weight is 298 g/mol. The number of ketones is 1. The molecule has 0 spiro atoms. The number of benzene rings is 2. The van der Waals surface area contributed by atoms with Crippen LogP contribution in [0.5, 0.6) is 0 Å². The van der Waals surface area contributed by atoms with Gasteiger partial charge in [-0.05, 0) is 36.6 Å². The van der Waals surface area contributed by atoms with Crippen molar-refractivity contribution in [3.8, 4) is 0 Å². The third-order valence-electron chi connectivity index (χ3n) is 3.45. The smallest absolute Gasteiger partial charge is 0.303 e. The normalized spacial score (nSPS) is 10.4. The molecule has 0 saturated heterocycles. The number of carbonyl (C=O) groups excluding carboxylic acids is 1. The highest BCUT2D eigenvalue weighted by atomic mass is 16.4. The lowest BCUT2D eigenvalue weighted by Crippen LogP contribution is -2.07. The Morgan fingerprint density at radius 1 is 1.00 bits per heavy atom. The zero-order chi connectivity index (χ0) is 16.1. The minimum absolute atomic E-state index is 0.0979. The summed E-state index contributed by atoms with van der Waals surface area (Å²) in [5.74, 6) is -1.01. The van der Waals surface area contributed by atoms with Gasteiger partial charge in [-0.25, -0.2) is 0 Å². The number of carboxylic acids is 1. The molecule has 5 nitrogen and oxygen atoms in total. The number of aliphatic carboxylic acids is 1. The maximum absolute atomic E-state index is 12.4. The Kier molecular flexibility index (Phi) is 4.78. The first-order valence-electron chi connectivity index (χ1n) is 6.98. The summed E-state index contributed by atoms with van der Waals surface area (Å²) in [6.07, 6.45) is 1.18. The van der Waals surface area contributed by atoms with Crippen LogP contribution in [0.3, 0.4) is 0 Å². The molecule has 0 aliphatic rings. The molecule has 0 atom stereocenters. The quantitative estimate of drug-likeness (QED) is 0.561. The molecule has 0 fully saturated rings. The number of hydrogen-bond acceptors (Lipinski definition) is 4. The standard InChI is InChI=1S/C17H18N2O3/c18-14-6-2-1-5-13(14)17(22)12-9-8-11(15(19)10-12)4-3-7-16(20)21/h1-2,5-6,8-10H,3-4,7,18-19H2,(H,20,21). The van der Waals surface area contributed by atoms with Crippen molar-refractivity contribution >= 4 is 23.1 Å². The van der Waals surface area contributed by atoms with E-state index in [1.165, 1.54) is 0 Å². The number of carbonyl (C=O) groups is 2. The second kappa shape index (κ2) is 6.76. The number of carboxylic acid groups (broad SMARTS) is 1. The molecule has 2 aromatic carbocycles. The first-order valence-corrected chi connectivity index (χ1v) is 6.98. The largest absolute Gasteiger partial charge is 0.481 e. The number of rotatable bonds is 6. The molecular formula is C17H18N2O3. The third-order valence-corrected chi connectivity index (χ3v) is 3.45. The van der Waals surface area contributed by atoms with Crippen molar-refractivity contribution in [3.63, 3.8) is 0 Å². The van der Waals surface area contributed by atoms with Gasteiger partial charge in [0.05, 0.1) is 0 Å². The fourth-order valence-electron chi connectivity index (χ4n) is 2.25. The lowest BCUT2D eigenvalue weighted by Gasteiger charge is -2.09. The molecule has 2 rings (SSSR count). The zero-order valence-corrected chi connectivity index (χ0v) is 12.1. The Morgan fingerprint density at radius 3 is 2.36 bits per heavy atom. The van der Waals surface area contributed by atoms with E-state index in [0.29, 0.717) is 35.3 Å². The van der Waals surface area contributed by atoms with E-state index in [-0.39, 0.29) is 12.2 Å². The number of para-hydroxylation sites is 1. The summed E-state index contributed by atoms with van der Waals surface area (Å²) in [6.45, 7) is 0. The third kappa shape index (κ3) is 3.63. The Morgan fingerprint density at radius 2 is 1.73 bits per heavy atom. The zero-order valence-electron chi connectivity index (χ0n) is 12.1. The molecular weight excluding hydrogens is 280 g/mol. The van der Waals surface area contributed by atoms with E-state index in [4.69, 9.17) is 16.6 Å². The number of nitrogens with two attached hydrogens (primary N) is 2. The molecule has 5 heteroatoms. The lowest BCUT2D eigenvalue weighted by atomic mass is 9.98. The van der Waals surface area contributed by atoms with Crippen LogP contribution in [0.25, 0.3) is 0 Å². The number of nitrogen functional groups attached to an aromatic ring is 2. The lowest BCUT2D eigenvalue weighted by molar-refractivity contribution is -0.137. The molecule has 0 aliphatic heterocycles. The predicted molar refractivity (Wildman–Crippen MR) is 85.7 cm³/mol. The van der Waals surface area contributed by atoms with Crippen LogP contribution < -0.4 is 11.5 Å². The summed E-state index contributed by atoms with van der Waals surface area (Å²) in [5.41, 5.74) is 14.5. The Balaban J connectivity index is 2.17. The van der Waals surface area contributed by atoms with E-state index < -0.39 is 5.97 Å². The fourth-order valence-corrected chi connectivity index (χ4v) is 2.25. The second-order valence-electron chi connectivity index (χ2n) is 5.08. The molecule has 0 amide bonds. The molecule has 2 aromatic rings. The van der Waals surface area contributed by atoms with Crippen molar-refractivity contribution in [2.24, 2.45) is 0 Å². The first kappa shape index (κ1) is 15.6. The van der Waals surface area contributed by atoms with Crippen molar-refractivity contribution in [1.29, 1.82) is 0 Å². The molecule has 0 heterocycles. The molecule has 0 saturated carbocycles. The van der Waals surface area contributed by atoms with E-state index in [9.17, 15) is 9.59 Å². The Labute approximate surface area is 128 Å². The molecule has 0 unspecified atom stereocenters. The topological polar surface area (TPSA) is 106 Å². The SMILES string of the molecule is Nc1cc(C(=O)c2ccccc2N)ccc1CCCC(=O)O. The number of anilines is 2. The van der Waals surface area contributed by atoms with E-state index >= 15 is 0 Å². The molecule has 0 aromatic heterocycles. The van der Waals surface area contributed by atoms with Crippen LogP contribution in [0.2, 0.25) is 0 Å². The summed E-state index contributed by atoms with van der Waals surface area (Å²) in [7, 11) is 0. The van der Waals surface area contributed by atoms with Crippen molar-refractivity contribution in [2.75, 3.05) is 11.5 Å².